The van der Waals surface area contributed by atoms with Gasteiger partial charge in [-0.25, -0.2) is 0 Å². The molecule has 7 aromatic carbocycles. The van der Waals surface area contributed by atoms with Gasteiger partial charge in [-0.2, -0.15) is 15.8 Å². The number of aromatic nitrogens is 2. The minimum Gasteiger partial charge on any atom is -0.309 e. The molecule has 0 amide bonds. The van der Waals surface area contributed by atoms with Crippen molar-refractivity contribution in [2.75, 3.05) is 0 Å². The highest BCUT2D eigenvalue weighted by Crippen LogP contribution is 2.43. The molecule has 0 bridgehead atoms. The Hall–Kier alpha value is -7.39. The zero-order valence-electron chi connectivity index (χ0n) is 26.7. The van der Waals surface area contributed by atoms with Crippen molar-refractivity contribution in [3.05, 3.63) is 168 Å². The van der Waals surface area contributed by atoms with E-state index in [0.29, 0.717) is 16.7 Å². The highest BCUT2D eigenvalue weighted by atomic mass is 15.0. The van der Waals surface area contributed by atoms with Crippen LogP contribution in [0, 0.1) is 34.0 Å². The third-order valence-electron chi connectivity index (χ3n) is 9.63. The molecule has 230 valence electrons. The second-order valence-corrected chi connectivity index (χ2v) is 12.3. The third-order valence-corrected chi connectivity index (χ3v) is 9.63. The molecule has 0 saturated carbocycles. The Morgan fingerprint density at radius 1 is 0.400 bits per heavy atom. The molecule has 5 heteroatoms. The van der Waals surface area contributed by atoms with E-state index in [1.54, 1.807) is 0 Å². The molecule has 2 aromatic heterocycles. The van der Waals surface area contributed by atoms with Crippen LogP contribution in [-0.2, 0) is 0 Å². The monoisotopic (exact) mass is 635 g/mol. The average molecular weight is 636 g/mol. The van der Waals surface area contributed by atoms with Crippen molar-refractivity contribution in [3.63, 3.8) is 0 Å². The van der Waals surface area contributed by atoms with Crippen LogP contribution >= 0.6 is 0 Å². The number of hydrogen-bond acceptors (Lipinski definition) is 3. The first-order valence-electron chi connectivity index (χ1n) is 16.3. The first-order chi connectivity index (χ1) is 24.7. The summed E-state index contributed by atoms with van der Waals surface area (Å²) < 4.78 is 4.40. The summed E-state index contributed by atoms with van der Waals surface area (Å²) in [6.45, 7) is 0. The van der Waals surface area contributed by atoms with Crippen LogP contribution in [0.4, 0.5) is 0 Å². The largest absolute Gasteiger partial charge is 0.309 e. The first-order valence-corrected chi connectivity index (χ1v) is 16.3. The molecule has 0 saturated heterocycles. The molecule has 9 aromatic rings. The predicted octanol–water partition coefficient (Wildman–Crippen LogP) is 10.8. The van der Waals surface area contributed by atoms with Crippen LogP contribution in [0.15, 0.2) is 152 Å². The SMILES string of the molecule is N#Cc1ccc2c(c1)c1ccccc1n2-c1cccc(-c2c(C#N)cccc2-c2cccc(C#N)c2-n2c3ccccc3c3ccccc32)c1. The summed E-state index contributed by atoms with van der Waals surface area (Å²) in [5.41, 5.74) is 10.8. The first kappa shape index (κ1) is 28.8. The Kier molecular flexibility index (Phi) is 6.56. The molecular weight excluding hydrogens is 611 g/mol. The van der Waals surface area contributed by atoms with Crippen molar-refractivity contribution >= 4 is 43.6 Å². The van der Waals surface area contributed by atoms with Crippen molar-refractivity contribution in [2.24, 2.45) is 0 Å². The van der Waals surface area contributed by atoms with Gasteiger partial charge in [-0.1, -0.05) is 91.0 Å². The molecule has 0 unspecified atom stereocenters. The second kappa shape index (κ2) is 11.4. The zero-order valence-corrected chi connectivity index (χ0v) is 26.7. The van der Waals surface area contributed by atoms with Crippen LogP contribution in [0.5, 0.6) is 0 Å². The van der Waals surface area contributed by atoms with Crippen LogP contribution in [-0.4, -0.2) is 9.13 Å². The van der Waals surface area contributed by atoms with Gasteiger partial charge in [0.1, 0.15) is 6.07 Å². The van der Waals surface area contributed by atoms with E-state index in [2.05, 4.69) is 75.9 Å². The minimum atomic E-state index is 0.538. The molecule has 0 atom stereocenters. The van der Waals surface area contributed by atoms with Crippen molar-refractivity contribution in [3.8, 4) is 51.8 Å². The lowest BCUT2D eigenvalue weighted by Crippen LogP contribution is -2.02. The zero-order chi connectivity index (χ0) is 33.8. The number of para-hydroxylation sites is 4. The van der Waals surface area contributed by atoms with E-state index in [0.717, 1.165) is 77.2 Å². The molecule has 0 radical (unpaired) electrons. The third kappa shape index (κ3) is 4.24. The van der Waals surface area contributed by atoms with E-state index in [1.165, 1.54) is 0 Å². The maximum atomic E-state index is 10.5. The van der Waals surface area contributed by atoms with Crippen molar-refractivity contribution < 1.29 is 0 Å². The van der Waals surface area contributed by atoms with E-state index in [4.69, 9.17) is 0 Å². The summed E-state index contributed by atoms with van der Waals surface area (Å²) in [6, 6.07) is 57.6. The second-order valence-electron chi connectivity index (χ2n) is 12.3. The summed E-state index contributed by atoms with van der Waals surface area (Å²) >= 11 is 0. The normalized spacial score (nSPS) is 11.1. The quantitative estimate of drug-likeness (QED) is 0.193. The molecule has 50 heavy (non-hydrogen) atoms. The van der Waals surface area contributed by atoms with Gasteiger partial charge in [0, 0.05) is 38.4 Å². The Morgan fingerprint density at radius 3 is 1.62 bits per heavy atom. The van der Waals surface area contributed by atoms with Crippen molar-refractivity contribution in [1.29, 1.82) is 15.8 Å². The highest BCUT2D eigenvalue weighted by Gasteiger charge is 2.22. The molecule has 0 aliphatic carbocycles. The Labute approximate surface area is 287 Å². The molecule has 0 fully saturated rings. The maximum absolute atomic E-state index is 10.5. The molecule has 0 aliphatic rings. The highest BCUT2D eigenvalue weighted by molar-refractivity contribution is 6.11. The number of benzene rings is 7. The van der Waals surface area contributed by atoms with Crippen LogP contribution in [0.2, 0.25) is 0 Å². The van der Waals surface area contributed by atoms with Crippen molar-refractivity contribution in [1.82, 2.24) is 9.13 Å². The molecule has 0 aliphatic heterocycles. The molecule has 5 nitrogen and oxygen atoms in total. The van der Waals surface area contributed by atoms with Crippen LogP contribution in [0.25, 0.3) is 77.2 Å². The van der Waals surface area contributed by atoms with Gasteiger partial charge in [-0.15, -0.1) is 0 Å². The number of nitriles is 3. The lowest BCUT2D eigenvalue weighted by atomic mass is 9.89. The maximum Gasteiger partial charge on any atom is 0.101 e. The van der Waals surface area contributed by atoms with Gasteiger partial charge >= 0.3 is 0 Å². The summed E-state index contributed by atoms with van der Waals surface area (Å²) in [5, 5.41) is 35.0. The summed E-state index contributed by atoms with van der Waals surface area (Å²) in [5.74, 6) is 0. The molecule has 9 rings (SSSR count). The number of nitrogens with zero attached hydrogens (tertiary/aromatic N) is 5. The van der Waals surface area contributed by atoms with Gasteiger partial charge in [0.05, 0.1) is 56.6 Å². The van der Waals surface area contributed by atoms with Crippen molar-refractivity contribution in [2.45, 2.75) is 0 Å². The van der Waals surface area contributed by atoms with E-state index in [-0.39, 0.29) is 0 Å². The molecule has 2 heterocycles. The Morgan fingerprint density at radius 2 is 0.960 bits per heavy atom. The summed E-state index contributed by atoms with van der Waals surface area (Å²) in [4.78, 5) is 0. The van der Waals surface area contributed by atoms with Crippen LogP contribution in [0.1, 0.15) is 16.7 Å². The van der Waals surface area contributed by atoms with E-state index in [1.807, 2.05) is 103 Å². The smallest absolute Gasteiger partial charge is 0.101 e. The van der Waals surface area contributed by atoms with Gasteiger partial charge in [0.25, 0.3) is 0 Å². The number of rotatable bonds is 4. The van der Waals surface area contributed by atoms with E-state index < -0.39 is 0 Å². The van der Waals surface area contributed by atoms with Gasteiger partial charge in [0.2, 0.25) is 0 Å². The summed E-state index contributed by atoms with van der Waals surface area (Å²) in [7, 11) is 0. The number of fused-ring (bicyclic) bond motifs is 6. The van der Waals surface area contributed by atoms with Crippen LogP contribution in [0.3, 0.4) is 0 Å². The lowest BCUT2D eigenvalue weighted by Gasteiger charge is -2.19. The standard InChI is InChI=1S/C45H25N5/c46-26-29-22-23-43-39(24-29)36-16-3-4-19-40(36)49(43)33-13-7-10-30(25-33)44-31(27-47)11-8-17-37(44)38-18-9-12-32(28-48)45(38)50-41-20-5-1-14-34(41)35-15-2-6-21-42(35)50/h1-25H. The van der Waals surface area contributed by atoms with Crippen LogP contribution < -0.4 is 0 Å². The van der Waals surface area contributed by atoms with Gasteiger partial charge in [0.15, 0.2) is 0 Å². The average Bonchev–Trinajstić information content (AvgIpc) is 3.69. The minimum absolute atomic E-state index is 0.538. The number of hydrogen-bond donors (Lipinski definition) is 0. The van der Waals surface area contributed by atoms with Gasteiger partial charge in [-0.05, 0) is 71.8 Å². The fourth-order valence-electron chi connectivity index (χ4n) is 7.56. The molecular formula is C45H25N5. The van der Waals surface area contributed by atoms with Gasteiger partial charge in [-0.3, -0.25) is 0 Å². The predicted molar refractivity (Wildman–Crippen MR) is 200 cm³/mol. The Bertz CT molecular complexity index is 2920. The van der Waals surface area contributed by atoms with E-state index >= 15 is 0 Å². The lowest BCUT2D eigenvalue weighted by molar-refractivity contribution is 1.17. The fraction of sp³-hybridized carbons (Fsp3) is 0. The fourth-order valence-corrected chi connectivity index (χ4v) is 7.56. The molecule has 0 spiro atoms. The topological polar surface area (TPSA) is 81.2 Å². The Balaban J connectivity index is 1.33. The van der Waals surface area contributed by atoms with Gasteiger partial charge < -0.3 is 9.13 Å². The summed E-state index contributed by atoms with van der Waals surface area (Å²) in [6.07, 6.45) is 0. The molecule has 0 N–H and O–H groups in total. The van der Waals surface area contributed by atoms with E-state index in [9.17, 15) is 15.8 Å².